The second kappa shape index (κ2) is 8.54. The lowest BCUT2D eigenvalue weighted by molar-refractivity contribution is -0.110. The van der Waals surface area contributed by atoms with Crippen molar-refractivity contribution in [3.63, 3.8) is 0 Å². The summed E-state index contributed by atoms with van der Waals surface area (Å²) in [7, 11) is 2.07. The molecule has 0 atom stereocenters. The van der Waals surface area contributed by atoms with Gasteiger partial charge in [-0.05, 0) is 54.9 Å². The molecule has 1 saturated heterocycles. The number of piperazine rings is 1. The molecule has 3 aromatic rings. The minimum Gasteiger partial charge on any atom is -0.361 e. The van der Waals surface area contributed by atoms with E-state index in [1.807, 2.05) is 60.4 Å². The van der Waals surface area contributed by atoms with Crippen molar-refractivity contribution in [2.24, 2.45) is 0 Å². The van der Waals surface area contributed by atoms with E-state index >= 15 is 0 Å². The van der Waals surface area contributed by atoms with E-state index in [0.717, 1.165) is 59.8 Å². The summed E-state index contributed by atoms with van der Waals surface area (Å²) in [6.45, 7) is 5.10. The van der Waals surface area contributed by atoms with Gasteiger partial charge >= 0.3 is 0 Å². The molecule has 168 valence electrons. The fourth-order valence-electron chi connectivity index (χ4n) is 4.47. The average Bonchev–Trinajstić information content (AvgIpc) is 3.34. The van der Waals surface area contributed by atoms with Gasteiger partial charge in [0.1, 0.15) is 0 Å². The first kappa shape index (κ1) is 21.5. The maximum atomic E-state index is 13.1. The number of anilines is 1. The summed E-state index contributed by atoms with van der Waals surface area (Å²) in [6.07, 6.45) is 3.60. The van der Waals surface area contributed by atoms with Crippen LogP contribution in [0.3, 0.4) is 0 Å². The third kappa shape index (κ3) is 3.96. The fraction of sp³-hybridized carbons (Fsp3) is 0.231. The molecule has 2 aromatic carbocycles. The number of hydrogen-bond donors (Lipinski definition) is 2. The van der Waals surface area contributed by atoms with Crippen molar-refractivity contribution in [3.8, 4) is 11.1 Å². The first-order valence-electron chi connectivity index (χ1n) is 11.0. The van der Waals surface area contributed by atoms with Gasteiger partial charge in [-0.25, -0.2) is 0 Å². The van der Waals surface area contributed by atoms with Gasteiger partial charge in [-0.15, -0.1) is 0 Å². The van der Waals surface area contributed by atoms with Gasteiger partial charge in [0.15, 0.2) is 0 Å². The first-order valence-corrected chi connectivity index (χ1v) is 11.4. The van der Waals surface area contributed by atoms with Crippen LogP contribution in [0.2, 0.25) is 5.02 Å². The lowest BCUT2D eigenvalue weighted by Gasteiger charge is -2.32. The number of H-pyrrole nitrogens is 1. The Morgan fingerprint density at radius 3 is 2.52 bits per heavy atom. The summed E-state index contributed by atoms with van der Waals surface area (Å²) in [5, 5.41) is 3.63. The van der Waals surface area contributed by atoms with E-state index < -0.39 is 0 Å². The Bertz CT molecular complexity index is 1270. The molecule has 5 rings (SSSR count). The molecule has 0 aliphatic carbocycles. The van der Waals surface area contributed by atoms with Crippen LogP contribution in [0.1, 0.15) is 27.2 Å². The van der Waals surface area contributed by atoms with Gasteiger partial charge in [0, 0.05) is 54.3 Å². The molecule has 1 fully saturated rings. The van der Waals surface area contributed by atoms with Gasteiger partial charge in [-0.1, -0.05) is 35.9 Å². The highest BCUT2D eigenvalue weighted by Gasteiger charge is 2.28. The predicted octanol–water partition coefficient (Wildman–Crippen LogP) is 4.52. The number of nitrogens with zero attached hydrogens (tertiary/aromatic N) is 2. The zero-order chi connectivity index (χ0) is 23.1. The zero-order valence-corrected chi connectivity index (χ0v) is 19.4. The topological polar surface area (TPSA) is 68.4 Å². The van der Waals surface area contributed by atoms with Crippen LogP contribution in [0.25, 0.3) is 22.8 Å². The van der Waals surface area contributed by atoms with Gasteiger partial charge in [-0.3, -0.25) is 9.59 Å². The van der Waals surface area contributed by atoms with E-state index in [2.05, 4.69) is 22.2 Å². The van der Waals surface area contributed by atoms with E-state index in [0.29, 0.717) is 16.2 Å². The molecule has 3 heterocycles. The number of benzene rings is 2. The number of halogens is 1. The summed E-state index contributed by atoms with van der Waals surface area (Å²) < 4.78 is 0. The van der Waals surface area contributed by atoms with Crippen LogP contribution >= 0.6 is 11.6 Å². The number of rotatable bonds is 3. The molecule has 2 amide bonds. The van der Waals surface area contributed by atoms with Crippen LogP contribution in [-0.2, 0) is 4.79 Å². The molecule has 33 heavy (non-hydrogen) atoms. The maximum absolute atomic E-state index is 13.1. The smallest absolute Gasteiger partial charge is 0.256 e. The highest BCUT2D eigenvalue weighted by molar-refractivity contribution is 6.36. The quantitative estimate of drug-likeness (QED) is 0.564. The maximum Gasteiger partial charge on any atom is 0.256 e. The van der Waals surface area contributed by atoms with E-state index in [-0.39, 0.29) is 11.8 Å². The Morgan fingerprint density at radius 1 is 1.06 bits per heavy atom. The van der Waals surface area contributed by atoms with Crippen molar-refractivity contribution in [1.29, 1.82) is 0 Å². The third-order valence-electron chi connectivity index (χ3n) is 6.47. The molecule has 2 N–H and O–H groups in total. The van der Waals surface area contributed by atoms with E-state index in [4.69, 9.17) is 11.6 Å². The Kier molecular flexibility index (Phi) is 5.56. The summed E-state index contributed by atoms with van der Waals surface area (Å²) in [5.41, 5.74) is 6.38. The second-order valence-electron chi connectivity index (χ2n) is 8.58. The number of carbonyl (C=O) groups is 2. The van der Waals surface area contributed by atoms with Crippen molar-refractivity contribution in [3.05, 3.63) is 76.1 Å². The minimum absolute atomic E-state index is 0.0274. The highest BCUT2D eigenvalue weighted by Crippen LogP contribution is 2.40. The predicted molar refractivity (Wildman–Crippen MR) is 132 cm³/mol. The van der Waals surface area contributed by atoms with Crippen molar-refractivity contribution in [2.45, 2.75) is 6.92 Å². The molecule has 1 aromatic heterocycles. The average molecular weight is 461 g/mol. The number of hydrogen-bond acceptors (Lipinski definition) is 3. The molecular weight excluding hydrogens is 436 g/mol. The number of fused-ring (bicyclic) bond motifs is 1. The van der Waals surface area contributed by atoms with Gasteiger partial charge in [-0.2, -0.15) is 0 Å². The first-order chi connectivity index (χ1) is 15.9. The van der Waals surface area contributed by atoms with Crippen LogP contribution in [0.4, 0.5) is 5.69 Å². The number of aromatic nitrogens is 1. The molecule has 0 spiro atoms. The molecular formula is C26H25ClN4O2. The lowest BCUT2D eigenvalue weighted by Crippen LogP contribution is -2.47. The number of carbonyl (C=O) groups excluding carboxylic acids is 2. The molecule has 2 aliphatic rings. The Morgan fingerprint density at radius 2 is 1.79 bits per heavy atom. The number of aromatic amines is 1. The van der Waals surface area contributed by atoms with E-state index in [9.17, 15) is 9.59 Å². The van der Waals surface area contributed by atoms with Crippen molar-refractivity contribution in [2.75, 3.05) is 38.5 Å². The lowest BCUT2D eigenvalue weighted by atomic mass is 9.94. The molecule has 6 nitrogen and oxygen atoms in total. The Labute approximate surface area is 197 Å². The standard InChI is InChI=1S/C26H25ClN4O2/c1-16-21(26(33)31-12-10-30(2)11-13-31)15-28-23(16)14-20-24-19(17-6-8-18(27)9-7-17)4-3-5-22(24)29-25(20)32/h3-9,14-15,28H,10-13H2,1-2H3,(H,29,32)/b20-14-. The van der Waals surface area contributed by atoms with Gasteiger partial charge in [0.2, 0.25) is 0 Å². The molecule has 0 radical (unpaired) electrons. The van der Waals surface area contributed by atoms with Crippen molar-refractivity contribution < 1.29 is 9.59 Å². The summed E-state index contributed by atoms with van der Waals surface area (Å²) in [5.74, 6) is -0.132. The highest BCUT2D eigenvalue weighted by atomic mass is 35.5. The van der Waals surface area contributed by atoms with Crippen molar-refractivity contribution >= 4 is 40.8 Å². The van der Waals surface area contributed by atoms with Gasteiger partial charge in [0.05, 0.1) is 11.1 Å². The van der Waals surface area contributed by atoms with Crippen molar-refractivity contribution in [1.82, 2.24) is 14.8 Å². The summed E-state index contributed by atoms with van der Waals surface area (Å²) in [4.78, 5) is 33.3. The fourth-order valence-corrected chi connectivity index (χ4v) is 4.59. The molecule has 0 saturated carbocycles. The van der Waals surface area contributed by atoms with Crippen LogP contribution in [0.15, 0.2) is 48.7 Å². The largest absolute Gasteiger partial charge is 0.361 e. The number of nitrogens with one attached hydrogen (secondary N) is 2. The molecule has 0 unspecified atom stereocenters. The molecule has 0 bridgehead atoms. The number of amides is 2. The molecule has 7 heteroatoms. The van der Waals surface area contributed by atoms with Gasteiger partial charge in [0.25, 0.3) is 11.8 Å². The van der Waals surface area contributed by atoms with Crippen LogP contribution in [0.5, 0.6) is 0 Å². The van der Waals surface area contributed by atoms with Gasteiger partial charge < -0.3 is 20.1 Å². The van der Waals surface area contributed by atoms with Crippen LogP contribution < -0.4 is 5.32 Å². The summed E-state index contributed by atoms with van der Waals surface area (Å²) in [6, 6.07) is 13.4. The van der Waals surface area contributed by atoms with Crippen LogP contribution in [-0.4, -0.2) is 59.8 Å². The zero-order valence-electron chi connectivity index (χ0n) is 18.6. The minimum atomic E-state index is -0.160. The summed E-state index contributed by atoms with van der Waals surface area (Å²) >= 11 is 6.07. The monoisotopic (exact) mass is 460 g/mol. The second-order valence-corrected chi connectivity index (χ2v) is 9.02. The van der Waals surface area contributed by atoms with E-state index in [1.165, 1.54) is 0 Å². The molecule has 2 aliphatic heterocycles. The Balaban J connectivity index is 1.51. The third-order valence-corrected chi connectivity index (χ3v) is 6.72. The normalized spacial score (nSPS) is 17.4. The van der Waals surface area contributed by atoms with Crippen LogP contribution in [0, 0.1) is 6.92 Å². The Hall–Kier alpha value is -3.35. The number of likely N-dealkylation sites (N-methyl/N-ethyl adjacent to an activating group) is 1. The van der Waals surface area contributed by atoms with E-state index in [1.54, 1.807) is 6.20 Å². The SMILES string of the molecule is Cc1c(C(=O)N2CCN(C)CC2)c[nH]c1/C=C1\C(=O)Nc2cccc(-c3ccc(Cl)cc3)c21.